The van der Waals surface area contributed by atoms with Gasteiger partial charge in [-0.25, -0.2) is 0 Å². The monoisotopic (exact) mass is 275 g/mol. The van der Waals surface area contributed by atoms with Crippen LogP contribution in [0.3, 0.4) is 0 Å². The van der Waals surface area contributed by atoms with Gasteiger partial charge >= 0.3 is 12.1 Å². The van der Waals surface area contributed by atoms with Gasteiger partial charge in [0.2, 0.25) is 0 Å². The Balaban J connectivity index is 2.71. The Labute approximate surface area is 109 Å². The summed E-state index contributed by atoms with van der Waals surface area (Å²) in [5.74, 6) is -4.20. The molecule has 1 rings (SSSR count). The van der Waals surface area contributed by atoms with Crippen molar-refractivity contribution in [1.29, 1.82) is 0 Å². The zero-order valence-corrected chi connectivity index (χ0v) is 10.7. The van der Waals surface area contributed by atoms with E-state index in [0.29, 0.717) is 0 Å². The zero-order valence-electron chi connectivity index (χ0n) is 10.7. The van der Waals surface area contributed by atoms with Gasteiger partial charge in [-0.2, -0.15) is 13.2 Å². The van der Waals surface area contributed by atoms with E-state index >= 15 is 0 Å². The second-order valence-electron chi connectivity index (χ2n) is 4.56. The molecule has 0 fully saturated rings. The maximum absolute atomic E-state index is 12.5. The fraction of sp³-hybridized carbons (Fsp3) is 0.462. The number of carboxylic acids is 1. The van der Waals surface area contributed by atoms with Crippen LogP contribution in [-0.4, -0.2) is 35.7 Å². The van der Waals surface area contributed by atoms with E-state index < -0.39 is 24.6 Å². The molecule has 1 aromatic rings. The van der Waals surface area contributed by atoms with Gasteiger partial charge in [-0.05, 0) is 25.1 Å². The van der Waals surface area contributed by atoms with E-state index in [9.17, 15) is 18.0 Å². The Hall–Kier alpha value is -1.56. The Morgan fingerprint density at radius 2 is 1.95 bits per heavy atom. The Morgan fingerprint density at radius 1 is 1.37 bits per heavy atom. The van der Waals surface area contributed by atoms with Crippen molar-refractivity contribution in [3.8, 4) is 0 Å². The van der Waals surface area contributed by atoms with E-state index in [1.165, 1.54) is 11.9 Å². The van der Waals surface area contributed by atoms with Gasteiger partial charge in [-0.15, -0.1) is 0 Å². The van der Waals surface area contributed by atoms with E-state index in [1.54, 1.807) is 6.07 Å². The van der Waals surface area contributed by atoms with Gasteiger partial charge in [0, 0.05) is 13.1 Å². The lowest BCUT2D eigenvalue weighted by Crippen LogP contribution is -2.39. The molecule has 0 aromatic heterocycles. The number of aliphatic carboxylic acids is 1. The van der Waals surface area contributed by atoms with Crippen LogP contribution < -0.4 is 0 Å². The van der Waals surface area contributed by atoms with Gasteiger partial charge in [-0.3, -0.25) is 4.79 Å². The lowest BCUT2D eigenvalue weighted by Gasteiger charge is -2.23. The third-order valence-electron chi connectivity index (χ3n) is 2.89. The molecule has 0 radical (unpaired) electrons. The van der Waals surface area contributed by atoms with E-state index in [2.05, 4.69) is 0 Å². The molecule has 3 nitrogen and oxygen atoms in total. The normalized spacial score (nSPS) is 13.6. The molecule has 1 aromatic carbocycles. The Bertz CT molecular complexity index is 446. The summed E-state index contributed by atoms with van der Waals surface area (Å²) < 4.78 is 37.6. The number of halogens is 3. The minimum Gasteiger partial charge on any atom is -0.481 e. The number of aryl methyl sites for hydroxylation is 1. The number of carboxylic acid groups (broad SMARTS) is 1. The molecular weight excluding hydrogens is 259 g/mol. The summed E-state index contributed by atoms with van der Waals surface area (Å²) in [6, 6.07) is 7.32. The lowest BCUT2D eigenvalue weighted by molar-refractivity contribution is -0.196. The van der Waals surface area contributed by atoms with Crippen molar-refractivity contribution >= 4 is 5.97 Å². The van der Waals surface area contributed by atoms with Crippen LogP contribution >= 0.6 is 0 Å². The third-order valence-corrected chi connectivity index (χ3v) is 2.89. The van der Waals surface area contributed by atoms with Gasteiger partial charge in [-0.1, -0.05) is 24.3 Å². The molecule has 0 saturated heterocycles. The van der Waals surface area contributed by atoms with Crippen LogP contribution in [0.4, 0.5) is 13.2 Å². The topological polar surface area (TPSA) is 40.5 Å². The Kier molecular flexibility index (Phi) is 4.94. The van der Waals surface area contributed by atoms with E-state index in [0.717, 1.165) is 11.1 Å². The number of benzene rings is 1. The summed E-state index contributed by atoms with van der Waals surface area (Å²) >= 11 is 0. The highest BCUT2D eigenvalue weighted by Crippen LogP contribution is 2.27. The van der Waals surface area contributed by atoms with Crippen molar-refractivity contribution in [3.05, 3.63) is 35.4 Å². The van der Waals surface area contributed by atoms with Crippen LogP contribution in [0.1, 0.15) is 11.1 Å². The van der Waals surface area contributed by atoms with Crippen LogP contribution in [0.5, 0.6) is 0 Å². The lowest BCUT2D eigenvalue weighted by atomic mass is 10.1. The maximum Gasteiger partial charge on any atom is 0.403 e. The average Bonchev–Trinajstić information content (AvgIpc) is 2.27. The fourth-order valence-electron chi connectivity index (χ4n) is 1.78. The number of carbonyl (C=O) groups is 1. The molecule has 19 heavy (non-hydrogen) atoms. The highest BCUT2D eigenvalue weighted by Gasteiger charge is 2.45. The van der Waals surface area contributed by atoms with Gasteiger partial charge in [0.1, 0.15) is 0 Å². The van der Waals surface area contributed by atoms with Gasteiger partial charge in [0.15, 0.2) is 5.92 Å². The van der Waals surface area contributed by atoms with Crippen LogP contribution in [0, 0.1) is 12.8 Å². The van der Waals surface area contributed by atoms with Gasteiger partial charge in [0.25, 0.3) is 0 Å². The van der Waals surface area contributed by atoms with Crippen LogP contribution in [-0.2, 0) is 11.3 Å². The zero-order chi connectivity index (χ0) is 14.6. The average molecular weight is 275 g/mol. The number of nitrogens with zero attached hydrogens (tertiary/aromatic N) is 1. The van der Waals surface area contributed by atoms with Crippen molar-refractivity contribution < 1.29 is 23.1 Å². The largest absolute Gasteiger partial charge is 0.481 e. The van der Waals surface area contributed by atoms with Crippen molar-refractivity contribution in [2.24, 2.45) is 5.92 Å². The maximum atomic E-state index is 12.5. The molecule has 0 saturated carbocycles. The SMILES string of the molecule is Cc1ccccc1CN(C)CC(C(=O)O)C(F)(F)F. The van der Waals surface area contributed by atoms with Crippen LogP contribution in [0.25, 0.3) is 0 Å². The third kappa shape index (κ3) is 4.55. The van der Waals surface area contributed by atoms with Crippen LogP contribution in [0.2, 0.25) is 0 Å². The standard InChI is InChI=1S/C13H16F3NO2/c1-9-5-3-4-6-10(9)7-17(2)8-11(12(18)19)13(14,15)16/h3-6,11H,7-8H2,1-2H3,(H,18,19). The summed E-state index contributed by atoms with van der Waals surface area (Å²) in [5.41, 5.74) is 1.85. The molecule has 1 unspecified atom stereocenters. The summed E-state index contributed by atoms with van der Waals surface area (Å²) in [4.78, 5) is 12.0. The molecule has 0 spiro atoms. The van der Waals surface area contributed by atoms with Crippen LogP contribution in [0.15, 0.2) is 24.3 Å². The number of alkyl halides is 3. The predicted octanol–water partition coefficient (Wildman–Crippen LogP) is 2.69. The summed E-state index contributed by atoms with van der Waals surface area (Å²) in [7, 11) is 1.48. The van der Waals surface area contributed by atoms with Crippen molar-refractivity contribution in [3.63, 3.8) is 0 Å². The predicted molar refractivity (Wildman–Crippen MR) is 64.7 cm³/mol. The first-order chi connectivity index (χ1) is 8.71. The molecule has 0 aliphatic carbocycles. The first-order valence-electron chi connectivity index (χ1n) is 5.74. The van der Waals surface area contributed by atoms with E-state index in [1.807, 2.05) is 25.1 Å². The highest BCUT2D eigenvalue weighted by atomic mass is 19.4. The summed E-state index contributed by atoms with van der Waals surface area (Å²) in [6.45, 7) is 1.58. The smallest absolute Gasteiger partial charge is 0.403 e. The van der Waals surface area contributed by atoms with Crippen molar-refractivity contribution in [2.45, 2.75) is 19.6 Å². The molecule has 0 aliphatic heterocycles. The molecule has 0 bridgehead atoms. The quantitative estimate of drug-likeness (QED) is 0.898. The van der Waals surface area contributed by atoms with Crippen molar-refractivity contribution in [2.75, 3.05) is 13.6 Å². The summed E-state index contributed by atoms with van der Waals surface area (Å²) in [6.07, 6.45) is -4.73. The molecule has 6 heteroatoms. The molecule has 0 aliphatic rings. The molecular formula is C13H16F3NO2. The number of hydrogen-bond acceptors (Lipinski definition) is 2. The van der Waals surface area contributed by atoms with Gasteiger partial charge < -0.3 is 10.0 Å². The molecule has 0 amide bonds. The van der Waals surface area contributed by atoms with E-state index in [4.69, 9.17) is 5.11 Å². The second-order valence-corrected chi connectivity index (χ2v) is 4.56. The Morgan fingerprint density at radius 3 is 2.42 bits per heavy atom. The number of hydrogen-bond donors (Lipinski definition) is 1. The second kappa shape index (κ2) is 6.06. The van der Waals surface area contributed by atoms with Crippen molar-refractivity contribution in [1.82, 2.24) is 4.90 Å². The summed E-state index contributed by atoms with van der Waals surface area (Å²) in [5, 5.41) is 8.63. The molecule has 1 atom stereocenters. The fourth-order valence-corrected chi connectivity index (χ4v) is 1.78. The highest BCUT2D eigenvalue weighted by molar-refractivity contribution is 5.71. The van der Waals surface area contributed by atoms with E-state index in [-0.39, 0.29) is 6.54 Å². The van der Waals surface area contributed by atoms with Gasteiger partial charge in [0.05, 0.1) is 0 Å². The first-order valence-corrected chi connectivity index (χ1v) is 5.74. The molecule has 106 valence electrons. The minimum absolute atomic E-state index is 0.284. The molecule has 1 N–H and O–H groups in total. The minimum atomic E-state index is -4.73. The number of rotatable bonds is 5. The first kappa shape index (κ1) is 15.5. The molecule has 0 heterocycles.